The van der Waals surface area contributed by atoms with Gasteiger partial charge < -0.3 is 5.32 Å². The summed E-state index contributed by atoms with van der Waals surface area (Å²) in [4.78, 5) is 10.7. The number of sulfonamides is 1. The summed E-state index contributed by atoms with van der Waals surface area (Å²) in [5.41, 5.74) is 0.155. The Labute approximate surface area is 136 Å². The molecule has 0 radical (unpaired) electrons. The molecule has 0 amide bonds. The van der Waals surface area contributed by atoms with E-state index < -0.39 is 14.9 Å². The van der Waals surface area contributed by atoms with Gasteiger partial charge in [0, 0.05) is 12.1 Å². The molecule has 128 valence electrons. The fraction of sp³-hybridized carbons (Fsp3) is 0.600. The van der Waals surface area contributed by atoms with Gasteiger partial charge in [0.05, 0.1) is 9.82 Å². The molecule has 1 aliphatic rings. The van der Waals surface area contributed by atoms with Crippen molar-refractivity contribution in [3.63, 3.8) is 0 Å². The van der Waals surface area contributed by atoms with Gasteiger partial charge in [0.1, 0.15) is 5.69 Å². The average Bonchev–Trinajstić information content (AvgIpc) is 2.51. The number of benzene rings is 1. The smallest absolute Gasteiger partial charge is 0.293 e. The maximum atomic E-state index is 11.8. The summed E-state index contributed by atoms with van der Waals surface area (Å²) in [5, 5.41) is 14.6. The highest BCUT2D eigenvalue weighted by Gasteiger charge is 2.29. The van der Waals surface area contributed by atoms with E-state index in [1.165, 1.54) is 25.6 Å². The van der Waals surface area contributed by atoms with Gasteiger partial charge in [0.25, 0.3) is 5.69 Å². The van der Waals surface area contributed by atoms with Crippen molar-refractivity contribution >= 4 is 21.4 Å². The van der Waals surface area contributed by atoms with Gasteiger partial charge in [-0.2, -0.15) is 0 Å². The second-order valence-corrected chi connectivity index (χ2v) is 8.05. The zero-order chi connectivity index (χ0) is 17.2. The van der Waals surface area contributed by atoms with E-state index in [1.54, 1.807) is 0 Å². The van der Waals surface area contributed by atoms with Crippen LogP contribution in [0, 0.1) is 22.0 Å². The van der Waals surface area contributed by atoms with E-state index in [-0.39, 0.29) is 16.6 Å². The quantitative estimate of drug-likeness (QED) is 0.633. The van der Waals surface area contributed by atoms with Crippen LogP contribution in [0.1, 0.15) is 33.1 Å². The molecule has 0 aromatic heterocycles. The van der Waals surface area contributed by atoms with Crippen LogP contribution in [0.4, 0.5) is 11.4 Å². The van der Waals surface area contributed by atoms with Crippen LogP contribution < -0.4 is 10.0 Å². The topological polar surface area (TPSA) is 101 Å². The van der Waals surface area contributed by atoms with Crippen molar-refractivity contribution in [2.24, 2.45) is 11.8 Å². The molecule has 1 aromatic rings. The van der Waals surface area contributed by atoms with Gasteiger partial charge in [0.2, 0.25) is 10.0 Å². The Morgan fingerprint density at radius 3 is 2.57 bits per heavy atom. The maximum absolute atomic E-state index is 11.8. The number of nitrogens with one attached hydrogen (secondary N) is 2. The van der Waals surface area contributed by atoms with E-state index in [2.05, 4.69) is 23.9 Å². The first-order chi connectivity index (χ1) is 10.8. The Balaban J connectivity index is 2.33. The highest BCUT2D eigenvalue weighted by molar-refractivity contribution is 7.89. The first kappa shape index (κ1) is 17.7. The number of rotatable bonds is 5. The van der Waals surface area contributed by atoms with Crippen molar-refractivity contribution in [1.82, 2.24) is 4.72 Å². The summed E-state index contributed by atoms with van der Waals surface area (Å²) >= 11 is 0. The molecule has 0 unspecified atom stereocenters. The monoisotopic (exact) mass is 341 g/mol. The molecule has 1 aliphatic carbocycles. The van der Waals surface area contributed by atoms with Crippen molar-refractivity contribution in [2.75, 3.05) is 12.4 Å². The third-order valence-corrected chi connectivity index (χ3v) is 6.20. The van der Waals surface area contributed by atoms with Crippen LogP contribution in [0.2, 0.25) is 0 Å². The van der Waals surface area contributed by atoms with E-state index in [0.717, 1.165) is 18.9 Å². The van der Waals surface area contributed by atoms with Crippen LogP contribution in [-0.4, -0.2) is 26.4 Å². The second-order valence-electron chi connectivity index (χ2n) is 6.16. The summed E-state index contributed by atoms with van der Waals surface area (Å²) in [6.45, 7) is 4.34. The van der Waals surface area contributed by atoms with Gasteiger partial charge in [-0.3, -0.25) is 10.1 Å². The van der Waals surface area contributed by atoms with Gasteiger partial charge in [-0.25, -0.2) is 13.1 Å². The van der Waals surface area contributed by atoms with E-state index in [0.29, 0.717) is 17.5 Å². The van der Waals surface area contributed by atoms with Crippen LogP contribution >= 0.6 is 0 Å². The fourth-order valence-corrected chi connectivity index (χ4v) is 3.80. The van der Waals surface area contributed by atoms with E-state index in [1.807, 2.05) is 0 Å². The van der Waals surface area contributed by atoms with E-state index in [4.69, 9.17) is 0 Å². The Bertz CT molecular complexity index is 690. The van der Waals surface area contributed by atoms with Crippen molar-refractivity contribution in [2.45, 2.75) is 44.0 Å². The molecule has 2 rings (SSSR count). The molecule has 7 nitrogen and oxygen atoms in total. The minimum absolute atomic E-state index is 0.109. The lowest BCUT2D eigenvalue weighted by Crippen LogP contribution is -2.35. The number of nitrogens with zero attached hydrogens (tertiary/aromatic N) is 1. The molecule has 0 saturated heterocycles. The standard InChI is InChI=1S/C15H23N3O4S/c1-10-5-4-6-13(11(10)2)17-14-8-7-12(23(21,22)16-3)9-15(14)18(19)20/h7-11,13,16-17H,4-6H2,1-3H3/t10-,11-,13+/m1/s1. The highest BCUT2D eigenvalue weighted by atomic mass is 32.2. The molecule has 1 fully saturated rings. The van der Waals surface area contributed by atoms with Crippen LogP contribution in [0.25, 0.3) is 0 Å². The molecule has 0 heterocycles. The normalized spacial score (nSPS) is 25.1. The zero-order valence-corrected chi connectivity index (χ0v) is 14.4. The molecule has 1 aromatic carbocycles. The van der Waals surface area contributed by atoms with Crippen molar-refractivity contribution < 1.29 is 13.3 Å². The van der Waals surface area contributed by atoms with Crippen molar-refractivity contribution in [1.29, 1.82) is 0 Å². The molecule has 3 atom stereocenters. The Hall–Kier alpha value is -1.67. The first-order valence-corrected chi connectivity index (χ1v) is 9.23. The van der Waals surface area contributed by atoms with Crippen LogP contribution in [-0.2, 0) is 10.0 Å². The number of hydrogen-bond donors (Lipinski definition) is 2. The number of hydrogen-bond acceptors (Lipinski definition) is 5. The maximum Gasteiger partial charge on any atom is 0.293 e. The highest BCUT2D eigenvalue weighted by Crippen LogP contribution is 2.34. The van der Waals surface area contributed by atoms with Crippen molar-refractivity contribution in [3.05, 3.63) is 28.3 Å². The summed E-state index contributed by atoms with van der Waals surface area (Å²) in [5.74, 6) is 0.966. The molecular weight excluding hydrogens is 318 g/mol. The number of nitro benzene ring substituents is 1. The molecule has 0 spiro atoms. The molecule has 23 heavy (non-hydrogen) atoms. The molecule has 0 bridgehead atoms. The largest absolute Gasteiger partial charge is 0.376 e. The van der Waals surface area contributed by atoms with Gasteiger partial charge in [0.15, 0.2) is 0 Å². The Morgan fingerprint density at radius 1 is 1.26 bits per heavy atom. The van der Waals surface area contributed by atoms with Gasteiger partial charge >= 0.3 is 0 Å². The van der Waals surface area contributed by atoms with Crippen LogP contribution in [0.5, 0.6) is 0 Å². The first-order valence-electron chi connectivity index (χ1n) is 7.74. The summed E-state index contributed by atoms with van der Waals surface area (Å²) in [7, 11) is -2.43. The fourth-order valence-electron chi connectivity index (χ4n) is 3.06. The minimum Gasteiger partial charge on any atom is -0.376 e. The molecule has 8 heteroatoms. The molecule has 2 N–H and O–H groups in total. The molecule has 0 aliphatic heterocycles. The zero-order valence-electron chi connectivity index (χ0n) is 13.6. The predicted octanol–water partition coefficient (Wildman–Crippen LogP) is 2.74. The number of nitro groups is 1. The van der Waals surface area contributed by atoms with Gasteiger partial charge in [-0.15, -0.1) is 0 Å². The lowest BCUT2D eigenvalue weighted by Gasteiger charge is -2.35. The average molecular weight is 341 g/mol. The summed E-state index contributed by atoms with van der Waals surface area (Å²) < 4.78 is 25.8. The predicted molar refractivity (Wildman–Crippen MR) is 88.9 cm³/mol. The van der Waals surface area contributed by atoms with Crippen molar-refractivity contribution in [3.8, 4) is 0 Å². The third-order valence-electron chi connectivity index (χ3n) is 4.79. The molecular formula is C15H23N3O4S. The lowest BCUT2D eigenvalue weighted by atomic mass is 9.78. The van der Waals surface area contributed by atoms with Gasteiger partial charge in [-0.05, 0) is 37.4 Å². The summed E-state index contributed by atoms with van der Waals surface area (Å²) in [6.07, 6.45) is 3.21. The van der Waals surface area contributed by atoms with E-state index >= 15 is 0 Å². The minimum atomic E-state index is -3.71. The SMILES string of the molecule is CNS(=O)(=O)c1ccc(N[C@H]2CCC[C@@H](C)[C@H]2C)c([N+](=O)[O-])c1. The second kappa shape index (κ2) is 6.84. The van der Waals surface area contributed by atoms with Crippen LogP contribution in [0.3, 0.4) is 0 Å². The Morgan fingerprint density at radius 2 is 1.96 bits per heavy atom. The Kier molecular flexibility index (Phi) is 5.26. The summed E-state index contributed by atoms with van der Waals surface area (Å²) in [6, 6.07) is 4.13. The molecule has 1 saturated carbocycles. The third kappa shape index (κ3) is 3.81. The van der Waals surface area contributed by atoms with Crippen LogP contribution in [0.15, 0.2) is 23.1 Å². The lowest BCUT2D eigenvalue weighted by molar-refractivity contribution is -0.384. The van der Waals surface area contributed by atoms with Gasteiger partial charge in [-0.1, -0.05) is 26.7 Å². The van der Waals surface area contributed by atoms with E-state index in [9.17, 15) is 18.5 Å². The number of anilines is 1.